The molecule has 0 spiro atoms. The van der Waals surface area contributed by atoms with E-state index in [0.29, 0.717) is 58.1 Å². The fraction of sp³-hybridized carbons (Fsp3) is 0.296. The highest BCUT2D eigenvalue weighted by Crippen LogP contribution is 2.36. The molecular weight excluding hydrogens is 436 g/mol. The van der Waals surface area contributed by atoms with E-state index in [-0.39, 0.29) is 12.2 Å². The van der Waals surface area contributed by atoms with Gasteiger partial charge in [0.2, 0.25) is 12.2 Å². The lowest BCUT2D eigenvalue weighted by atomic mass is 10.0. The second kappa shape index (κ2) is 9.65. The molecule has 7 nitrogen and oxygen atoms in total. The molecule has 2 aromatic carbocycles. The topological polar surface area (TPSA) is 87.4 Å². The Labute approximate surface area is 197 Å². The van der Waals surface area contributed by atoms with Crippen LogP contribution in [-0.4, -0.2) is 31.2 Å². The minimum Gasteiger partial charge on any atom is -0.493 e. The average molecular weight is 465 g/mol. The summed E-state index contributed by atoms with van der Waals surface area (Å²) in [6.45, 7) is 5.94. The fourth-order valence-electron chi connectivity index (χ4n) is 3.56. The molecule has 1 aromatic heterocycles. The van der Waals surface area contributed by atoms with Gasteiger partial charge in [0, 0.05) is 6.07 Å². The third-order valence-electron chi connectivity index (χ3n) is 5.38. The Bertz CT molecular complexity index is 1310. The van der Waals surface area contributed by atoms with Crippen molar-refractivity contribution in [3.05, 3.63) is 70.6 Å². The lowest BCUT2D eigenvalue weighted by Crippen LogP contribution is -2.13. The van der Waals surface area contributed by atoms with E-state index < -0.39 is 5.60 Å². The van der Waals surface area contributed by atoms with Crippen molar-refractivity contribution in [3.63, 3.8) is 0 Å². The molecule has 2 heterocycles. The predicted octanol–water partition coefficient (Wildman–Crippen LogP) is 5.24. The van der Waals surface area contributed by atoms with Gasteiger partial charge in [-0.05, 0) is 57.0 Å². The minimum atomic E-state index is -0.832. The van der Waals surface area contributed by atoms with Gasteiger partial charge in [-0.3, -0.25) is 4.79 Å². The van der Waals surface area contributed by atoms with Gasteiger partial charge in [-0.25, -0.2) is 0 Å². The van der Waals surface area contributed by atoms with E-state index in [4.69, 9.17) is 23.4 Å². The molecule has 1 N–H and O–H groups in total. The number of aliphatic hydroxyl groups is 1. The molecule has 34 heavy (non-hydrogen) atoms. The van der Waals surface area contributed by atoms with Crippen LogP contribution in [0.3, 0.4) is 0 Å². The third-order valence-corrected chi connectivity index (χ3v) is 5.38. The lowest BCUT2D eigenvalue weighted by Gasteiger charge is -2.12. The Morgan fingerprint density at radius 1 is 1.15 bits per heavy atom. The van der Waals surface area contributed by atoms with E-state index >= 15 is 0 Å². The molecule has 0 amide bonds. The number of rotatable bonds is 8. The highest BCUT2D eigenvalue weighted by molar-refractivity contribution is 5.85. The Balaban J connectivity index is 1.56. The van der Waals surface area contributed by atoms with Gasteiger partial charge in [0.1, 0.15) is 18.5 Å². The van der Waals surface area contributed by atoms with Crippen molar-refractivity contribution >= 4 is 11.0 Å². The normalized spacial score (nSPS) is 13.6. The van der Waals surface area contributed by atoms with Crippen LogP contribution in [0.5, 0.6) is 23.0 Å². The maximum absolute atomic E-state index is 13.2. The molecule has 0 radical (unpaired) electrons. The van der Waals surface area contributed by atoms with E-state index in [1.54, 1.807) is 50.3 Å². The zero-order valence-electron chi connectivity index (χ0n) is 19.7. The summed E-state index contributed by atoms with van der Waals surface area (Å²) in [4.78, 5) is 13.2. The quantitative estimate of drug-likeness (QED) is 0.456. The summed E-state index contributed by atoms with van der Waals surface area (Å²) in [5.41, 5.74) is 1.58. The first-order valence-electron chi connectivity index (χ1n) is 11.0. The van der Waals surface area contributed by atoms with E-state index in [1.165, 1.54) is 13.4 Å². The summed E-state index contributed by atoms with van der Waals surface area (Å²) in [6.07, 6.45) is 7.79. The number of fused-ring (bicyclic) bond motifs is 2. The van der Waals surface area contributed by atoms with Crippen LogP contribution >= 0.6 is 0 Å². The summed E-state index contributed by atoms with van der Waals surface area (Å²) >= 11 is 0. The highest BCUT2D eigenvalue weighted by Gasteiger charge is 2.18. The summed E-state index contributed by atoms with van der Waals surface area (Å²) in [5, 5.41) is 10.1. The minimum absolute atomic E-state index is 0.164. The Morgan fingerprint density at radius 3 is 2.71 bits per heavy atom. The smallest absolute Gasteiger partial charge is 0.231 e. The van der Waals surface area contributed by atoms with Gasteiger partial charge < -0.3 is 28.5 Å². The van der Waals surface area contributed by atoms with Crippen LogP contribution in [0.4, 0.5) is 0 Å². The fourth-order valence-corrected chi connectivity index (χ4v) is 3.56. The van der Waals surface area contributed by atoms with Crippen LogP contribution in [0.1, 0.15) is 27.2 Å². The van der Waals surface area contributed by atoms with Gasteiger partial charge in [-0.15, -0.1) is 0 Å². The second-order valence-electron chi connectivity index (χ2n) is 8.67. The largest absolute Gasteiger partial charge is 0.493 e. The number of hydrogen-bond acceptors (Lipinski definition) is 7. The monoisotopic (exact) mass is 464 g/mol. The molecule has 0 aliphatic carbocycles. The molecule has 0 atom stereocenters. The second-order valence-corrected chi connectivity index (χ2v) is 8.67. The molecule has 0 unspecified atom stereocenters. The van der Waals surface area contributed by atoms with Crippen LogP contribution in [-0.2, 0) is 0 Å². The van der Waals surface area contributed by atoms with Crippen LogP contribution in [0.15, 0.2) is 69.6 Å². The van der Waals surface area contributed by atoms with E-state index in [9.17, 15) is 9.90 Å². The molecule has 1 aliphatic heterocycles. The van der Waals surface area contributed by atoms with Gasteiger partial charge in [0.05, 0.1) is 23.7 Å². The number of benzene rings is 2. The summed E-state index contributed by atoms with van der Waals surface area (Å²) in [6, 6.07) is 8.63. The lowest BCUT2D eigenvalue weighted by molar-refractivity contribution is 0.133. The standard InChI is InChI=1S/C27H28O7/c1-17(6-5-10-27(2,3)29)9-11-31-25-14-22-19(13-23(25)30-4)26(28)20(15-32-22)18-7-8-21-24(12-18)34-16-33-21/h5,7-10,12-15,29H,6,11,16H2,1-4H3/b10-5+,17-9+. The first-order chi connectivity index (χ1) is 16.2. The predicted molar refractivity (Wildman–Crippen MR) is 130 cm³/mol. The first-order valence-corrected chi connectivity index (χ1v) is 11.0. The summed E-state index contributed by atoms with van der Waals surface area (Å²) in [5.74, 6) is 2.16. The number of hydrogen-bond donors (Lipinski definition) is 1. The maximum atomic E-state index is 13.2. The molecule has 3 aromatic rings. The van der Waals surface area contributed by atoms with Crippen molar-refractivity contribution in [2.75, 3.05) is 20.5 Å². The van der Waals surface area contributed by atoms with E-state index in [2.05, 4.69) is 0 Å². The van der Waals surface area contributed by atoms with Crippen LogP contribution in [0, 0.1) is 0 Å². The van der Waals surface area contributed by atoms with Crippen LogP contribution in [0.25, 0.3) is 22.1 Å². The molecule has 4 rings (SSSR count). The van der Waals surface area contributed by atoms with Crippen molar-refractivity contribution in [1.29, 1.82) is 0 Å². The maximum Gasteiger partial charge on any atom is 0.231 e. The Morgan fingerprint density at radius 2 is 1.94 bits per heavy atom. The van der Waals surface area contributed by atoms with Crippen molar-refractivity contribution in [1.82, 2.24) is 0 Å². The Hall–Kier alpha value is -3.71. The molecule has 0 saturated heterocycles. The number of ether oxygens (including phenoxy) is 4. The van der Waals surface area contributed by atoms with Gasteiger partial charge >= 0.3 is 0 Å². The Kier molecular flexibility index (Phi) is 6.65. The molecule has 7 heteroatoms. The first kappa shape index (κ1) is 23.4. The molecule has 0 bridgehead atoms. The van der Waals surface area contributed by atoms with E-state index in [0.717, 1.165) is 5.57 Å². The molecule has 0 fully saturated rings. The van der Waals surface area contributed by atoms with Crippen LogP contribution in [0.2, 0.25) is 0 Å². The van der Waals surface area contributed by atoms with Gasteiger partial charge in [0.25, 0.3) is 0 Å². The van der Waals surface area contributed by atoms with Gasteiger partial charge in [-0.2, -0.15) is 0 Å². The zero-order valence-corrected chi connectivity index (χ0v) is 19.7. The number of allylic oxidation sites excluding steroid dienone is 2. The molecular formula is C27H28O7. The summed E-state index contributed by atoms with van der Waals surface area (Å²) in [7, 11) is 1.53. The molecule has 0 saturated carbocycles. The van der Waals surface area contributed by atoms with Crippen LogP contribution < -0.4 is 24.4 Å². The van der Waals surface area contributed by atoms with Crippen molar-refractivity contribution < 1.29 is 28.5 Å². The molecule has 1 aliphatic rings. The highest BCUT2D eigenvalue weighted by atomic mass is 16.7. The number of methoxy groups -OCH3 is 1. The third kappa shape index (κ3) is 5.26. The van der Waals surface area contributed by atoms with Crippen molar-refractivity contribution in [2.24, 2.45) is 0 Å². The average Bonchev–Trinajstić information content (AvgIpc) is 3.26. The van der Waals surface area contributed by atoms with Gasteiger partial charge in [0.15, 0.2) is 23.0 Å². The van der Waals surface area contributed by atoms with E-state index in [1.807, 2.05) is 19.1 Å². The van der Waals surface area contributed by atoms with Crippen molar-refractivity contribution in [2.45, 2.75) is 32.8 Å². The zero-order chi connectivity index (χ0) is 24.3. The SMILES string of the molecule is COc1cc2c(=O)c(-c3ccc4c(c3)OCO4)coc2cc1OC/C=C(\C)C/C=C/C(C)(C)O. The van der Waals surface area contributed by atoms with Crippen molar-refractivity contribution in [3.8, 4) is 34.1 Å². The summed E-state index contributed by atoms with van der Waals surface area (Å²) < 4.78 is 27.9. The molecule has 178 valence electrons. The van der Waals surface area contributed by atoms with Gasteiger partial charge in [-0.1, -0.05) is 23.8 Å².